The van der Waals surface area contributed by atoms with E-state index < -0.39 is 0 Å². The highest BCUT2D eigenvalue weighted by molar-refractivity contribution is 9.09. The van der Waals surface area contributed by atoms with Crippen LogP contribution in [0.3, 0.4) is 0 Å². The highest BCUT2D eigenvalue weighted by Crippen LogP contribution is 2.20. The largest absolute Gasteiger partial charge is 0.508 e. The van der Waals surface area contributed by atoms with E-state index in [9.17, 15) is 9.90 Å². The van der Waals surface area contributed by atoms with E-state index in [4.69, 9.17) is 0 Å². The van der Waals surface area contributed by atoms with Crippen LogP contribution in [0.2, 0.25) is 0 Å². The maximum Gasteiger partial charge on any atom is 0.147 e. The lowest BCUT2D eigenvalue weighted by Crippen LogP contribution is -2.04. The summed E-state index contributed by atoms with van der Waals surface area (Å²) in [5, 5.41) is 9.73. The molecule has 2 nitrogen and oxygen atoms in total. The summed E-state index contributed by atoms with van der Waals surface area (Å²) in [6.45, 7) is 1.81. The number of benzene rings is 1. The maximum absolute atomic E-state index is 11.1. The van der Waals surface area contributed by atoms with Gasteiger partial charge < -0.3 is 5.11 Å². The van der Waals surface area contributed by atoms with E-state index in [1.54, 1.807) is 12.1 Å². The average Bonchev–Trinajstić information content (AvgIpc) is 2.13. The number of Topliss-reactive ketones (excluding diaryl/α,β-unsaturated/α-hetero) is 1. The molecule has 13 heavy (non-hydrogen) atoms. The second kappa shape index (κ2) is 4.42. The van der Waals surface area contributed by atoms with Crippen molar-refractivity contribution < 1.29 is 9.90 Å². The standard InChI is InChI=1S/C10H11BrO2/c1-7-8(5-9(12)6-11)3-2-4-10(7)13/h2-4,13H,5-6H2,1H3. The Hall–Kier alpha value is -0.830. The summed E-state index contributed by atoms with van der Waals surface area (Å²) in [6, 6.07) is 5.23. The number of aromatic hydroxyl groups is 1. The van der Waals surface area contributed by atoms with Crippen molar-refractivity contribution in [3.63, 3.8) is 0 Å². The molecule has 0 saturated carbocycles. The minimum atomic E-state index is 0.119. The van der Waals surface area contributed by atoms with Gasteiger partial charge in [-0.3, -0.25) is 4.79 Å². The van der Waals surface area contributed by atoms with Crippen molar-refractivity contribution in [2.24, 2.45) is 0 Å². The first-order valence-corrected chi connectivity index (χ1v) is 5.12. The summed E-state index contributed by atoms with van der Waals surface area (Å²) in [6.07, 6.45) is 0.380. The number of phenolic OH excluding ortho intramolecular Hbond substituents is 1. The predicted molar refractivity (Wildman–Crippen MR) is 55.3 cm³/mol. The summed E-state index contributed by atoms with van der Waals surface area (Å²) in [5.41, 5.74) is 1.68. The lowest BCUT2D eigenvalue weighted by Gasteiger charge is -2.05. The van der Waals surface area contributed by atoms with Crippen LogP contribution in [0, 0.1) is 6.92 Å². The van der Waals surface area contributed by atoms with Crippen LogP contribution in [0.15, 0.2) is 18.2 Å². The number of alkyl halides is 1. The van der Waals surface area contributed by atoms with Gasteiger partial charge in [0, 0.05) is 6.42 Å². The maximum atomic E-state index is 11.1. The van der Waals surface area contributed by atoms with Crippen LogP contribution in [-0.2, 0) is 11.2 Å². The topological polar surface area (TPSA) is 37.3 Å². The third-order valence-corrected chi connectivity index (χ3v) is 2.58. The molecule has 1 N–H and O–H groups in total. The molecule has 0 bridgehead atoms. The summed E-state index contributed by atoms with van der Waals surface area (Å²) >= 11 is 3.10. The molecule has 1 aromatic rings. The Bertz CT molecular complexity index is 321. The highest BCUT2D eigenvalue weighted by atomic mass is 79.9. The second-order valence-electron chi connectivity index (χ2n) is 2.91. The molecular weight excluding hydrogens is 232 g/mol. The molecule has 0 atom stereocenters. The van der Waals surface area contributed by atoms with Gasteiger partial charge in [0.1, 0.15) is 11.5 Å². The quantitative estimate of drug-likeness (QED) is 0.826. The fraction of sp³-hybridized carbons (Fsp3) is 0.300. The van der Waals surface area contributed by atoms with Crippen LogP contribution < -0.4 is 0 Å². The number of hydrogen-bond donors (Lipinski definition) is 1. The van der Waals surface area contributed by atoms with Crippen LogP contribution in [0.1, 0.15) is 11.1 Å². The van der Waals surface area contributed by atoms with E-state index in [1.165, 1.54) is 0 Å². The zero-order valence-corrected chi connectivity index (χ0v) is 8.97. The first-order valence-electron chi connectivity index (χ1n) is 4.00. The minimum absolute atomic E-state index is 0.119. The number of hydrogen-bond acceptors (Lipinski definition) is 2. The second-order valence-corrected chi connectivity index (χ2v) is 3.47. The Morgan fingerprint density at radius 3 is 2.85 bits per heavy atom. The van der Waals surface area contributed by atoms with Crippen molar-refractivity contribution >= 4 is 21.7 Å². The fourth-order valence-electron chi connectivity index (χ4n) is 1.12. The molecule has 0 amide bonds. The molecule has 0 saturated heterocycles. The van der Waals surface area contributed by atoms with Crippen molar-refractivity contribution in [1.29, 1.82) is 0 Å². The lowest BCUT2D eigenvalue weighted by atomic mass is 10.0. The van der Waals surface area contributed by atoms with Gasteiger partial charge >= 0.3 is 0 Å². The van der Waals surface area contributed by atoms with Gasteiger partial charge in [0.05, 0.1) is 5.33 Å². The minimum Gasteiger partial charge on any atom is -0.508 e. The van der Waals surface area contributed by atoms with Gasteiger partial charge in [-0.2, -0.15) is 0 Å². The van der Waals surface area contributed by atoms with Crippen LogP contribution in [-0.4, -0.2) is 16.2 Å². The van der Waals surface area contributed by atoms with E-state index in [-0.39, 0.29) is 11.5 Å². The zero-order chi connectivity index (χ0) is 9.84. The van der Waals surface area contributed by atoms with Crippen molar-refractivity contribution in [3.05, 3.63) is 29.3 Å². The SMILES string of the molecule is Cc1c(O)cccc1CC(=O)CBr. The summed E-state index contributed by atoms with van der Waals surface area (Å²) in [4.78, 5) is 11.1. The van der Waals surface area contributed by atoms with Crippen LogP contribution in [0.4, 0.5) is 0 Å². The zero-order valence-electron chi connectivity index (χ0n) is 7.38. The summed E-state index contributed by atoms with van der Waals surface area (Å²) in [7, 11) is 0. The fourth-order valence-corrected chi connectivity index (χ4v) is 1.32. The van der Waals surface area contributed by atoms with Crippen LogP contribution >= 0.6 is 15.9 Å². The summed E-state index contributed by atoms with van der Waals surface area (Å²) < 4.78 is 0. The van der Waals surface area contributed by atoms with E-state index in [1.807, 2.05) is 13.0 Å². The Kier molecular flexibility index (Phi) is 3.48. The highest BCUT2D eigenvalue weighted by Gasteiger charge is 2.06. The van der Waals surface area contributed by atoms with Gasteiger partial charge in [-0.25, -0.2) is 0 Å². The van der Waals surface area contributed by atoms with E-state index in [0.717, 1.165) is 11.1 Å². The monoisotopic (exact) mass is 242 g/mol. The van der Waals surface area contributed by atoms with E-state index in [2.05, 4.69) is 15.9 Å². The first-order chi connectivity index (χ1) is 6.15. The Labute approximate surface area is 85.7 Å². The number of phenols is 1. The molecule has 0 aliphatic rings. The first kappa shape index (κ1) is 10.3. The van der Waals surface area contributed by atoms with Gasteiger partial charge in [0.25, 0.3) is 0 Å². The summed E-state index contributed by atoms with van der Waals surface area (Å²) in [5.74, 6) is 0.369. The number of ketones is 1. The predicted octanol–water partition coefficient (Wildman–Crippen LogP) is 2.21. The third kappa shape index (κ3) is 2.56. The van der Waals surface area contributed by atoms with Gasteiger partial charge in [-0.15, -0.1) is 0 Å². The molecule has 0 unspecified atom stereocenters. The van der Waals surface area contributed by atoms with Crippen molar-refractivity contribution in [2.75, 3.05) is 5.33 Å². The normalized spacial score (nSPS) is 10.0. The number of rotatable bonds is 3. The Balaban J connectivity index is 2.89. The van der Waals surface area contributed by atoms with E-state index >= 15 is 0 Å². The smallest absolute Gasteiger partial charge is 0.147 e. The van der Waals surface area contributed by atoms with Crippen molar-refractivity contribution in [1.82, 2.24) is 0 Å². The molecule has 3 heteroatoms. The molecule has 0 aliphatic heterocycles. The van der Waals surface area contributed by atoms with Gasteiger partial charge in [0.15, 0.2) is 0 Å². The molecule has 0 spiro atoms. The molecule has 0 radical (unpaired) electrons. The van der Waals surface area contributed by atoms with Crippen LogP contribution in [0.5, 0.6) is 5.75 Å². The van der Waals surface area contributed by atoms with Gasteiger partial charge in [0.2, 0.25) is 0 Å². The molecule has 0 fully saturated rings. The van der Waals surface area contributed by atoms with Crippen molar-refractivity contribution in [2.45, 2.75) is 13.3 Å². The number of carbonyl (C=O) groups is 1. The molecule has 70 valence electrons. The molecule has 0 heterocycles. The van der Waals surface area contributed by atoms with Gasteiger partial charge in [-0.1, -0.05) is 28.1 Å². The van der Waals surface area contributed by atoms with Gasteiger partial charge in [-0.05, 0) is 24.1 Å². The Morgan fingerprint density at radius 2 is 2.23 bits per heavy atom. The van der Waals surface area contributed by atoms with Crippen LogP contribution in [0.25, 0.3) is 0 Å². The third-order valence-electron chi connectivity index (χ3n) is 1.95. The number of carbonyl (C=O) groups excluding carboxylic acids is 1. The molecule has 1 rings (SSSR count). The van der Waals surface area contributed by atoms with Crippen molar-refractivity contribution in [3.8, 4) is 5.75 Å². The average molecular weight is 243 g/mol. The molecule has 1 aromatic carbocycles. The number of halogens is 1. The van der Waals surface area contributed by atoms with E-state index in [0.29, 0.717) is 11.8 Å². The Morgan fingerprint density at radius 1 is 1.54 bits per heavy atom. The molecular formula is C10H11BrO2. The lowest BCUT2D eigenvalue weighted by molar-refractivity contribution is -0.115. The molecule has 0 aliphatic carbocycles. The molecule has 0 aromatic heterocycles.